The van der Waals surface area contributed by atoms with E-state index in [1.54, 1.807) is 0 Å². The maximum absolute atomic E-state index is 5.32. The van der Waals surface area contributed by atoms with E-state index in [1.807, 2.05) is 12.1 Å². The van der Waals surface area contributed by atoms with Crippen molar-refractivity contribution in [1.82, 2.24) is 24.5 Å². The zero-order valence-corrected chi connectivity index (χ0v) is 34.1. The molecule has 0 spiro atoms. The second-order valence-electron chi connectivity index (χ2n) is 15.8. The largest absolute Gasteiger partial charge is 0.308 e. The van der Waals surface area contributed by atoms with Gasteiger partial charge in [0.05, 0.1) is 27.9 Å². The summed E-state index contributed by atoms with van der Waals surface area (Å²) in [6.07, 6.45) is 0. The van der Waals surface area contributed by atoms with E-state index in [2.05, 4.69) is 217 Å². The Kier molecular flexibility index (Phi) is 8.75. The maximum Gasteiger partial charge on any atom is 0.164 e. The number of pyridine rings is 1. The van der Waals surface area contributed by atoms with E-state index in [4.69, 9.17) is 19.9 Å². The van der Waals surface area contributed by atoms with Crippen LogP contribution in [0.3, 0.4) is 0 Å². The first kappa shape index (κ1) is 36.3. The first-order valence-electron chi connectivity index (χ1n) is 21.2. The fourth-order valence-corrected chi connectivity index (χ4v) is 9.05. The molecule has 3 aromatic heterocycles. The zero-order chi connectivity index (χ0) is 41.7. The lowest BCUT2D eigenvalue weighted by Gasteiger charge is -2.16. The van der Waals surface area contributed by atoms with E-state index in [0.717, 1.165) is 99.4 Å². The van der Waals surface area contributed by atoms with E-state index < -0.39 is 0 Å². The maximum atomic E-state index is 5.32. The Hall–Kier alpha value is -8.54. The van der Waals surface area contributed by atoms with Gasteiger partial charge >= 0.3 is 0 Å². The third-order valence-corrected chi connectivity index (χ3v) is 12.1. The number of hydrogen-bond donors (Lipinski definition) is 0. The van der Waals surface area contributed by atoms with Crippen LogP contribution in [0.25, 0.3) is 117 Å². The summed E-state index contributed by atoms with van der Waals surface area (Å²) < 4.78 is 2.43. The van der Waals surface area contributed by atoms with Crippen molar-refractivity contribution in [2.24, 2.45) is 0 Å². The van der Waals surface area contributed by atoms with Crippen molar-refractivity contribution in [1.29, 1.82) is 0 Å². The molecule has 294 valence electrons. The number of aromatic nitrogens is 5. The van der Waals surface area contributed by atoms with E-state index in [1.165, 1.54) is 0 Å². The molecule has 0 aliphatic heterocycles. The van der Waals surface area contributed by atoms with Gasteiger partial charge in [-0.15, -0.1) is 0 Å². The molecule has 0 amide bonds. The lowest BCUT2D eigenvalue weighted by atomic mass is 10.0. The number of nitrogens with zero attached hydrogens (tertiary/aromatic N) is 5. The van der Waals surface area contributed by atoms with Crippen LogP contribution in [0.1, 0.15) is 0 Å². The summed E-state index contributed by atoms with van der Waals surface area (Å²) in [6, 6.07) is 78.6. The predicted molar refractivity (Wildman–Crippen MR) is 260 cm³/mol. The van der Waals surface area contributed by atoms with Gasteiger partial charge in [0, 0.05) is 43.8 Å². The van der Waals surface area contributed by atoms with Crippen LogP contribution in [0, 0.1) is 0 Å². The molecule has 0 saturated heterocycles. The van der Waals surface area contributed by atoms with Gasteiger partial charge < -0.3 is 4.57 Å². The van der Waals surface area contributed by atoms with Crippen molar-refractivity contribution < 1.29 is 0 Å². The number of fused-ring (bicyclic) bond motifs is 6. The third-order valence-electron chi connectivity index (χ3n) is 12.1. The van der Waals surface area contributed by atoms with Crippen LogP contribution in [0.15, 0.2) is 224 Å². The van der Waals surface area contributed by atoms with Crippen LogP contribution in [0.5, 0.6) is 0 Å². The fraction of sp³-hybridized carbons (Fsp3) is 0. The van der Waals surface area contributed by atoms with Gasteiger partial charge in [0.2, 0.25) is 0 Å². The van der Waals surface area contributed by atoms with Gasteiger partial charge in [-0.1, -0.05) is 200 Å². The zero-order valence-electron chi connectivity index (χ0n) is 34.1. The molecule has 0 aliphatic rings. The number of hydrogen-bond acceptors (Lipinski definition) is 4. The van der Waals surface area contributed by atoms with Gasteiger partial charge in [-0.25, -0.2) is 19.9 Å². The minimum atomic E-state index is 0.611. The molecule has 9 aromatic carbocycles. The minimum absolute atomic E-state index is 0.611. The van der Waals surface area contributed by atoms with Crippen molar-refractivity contribution in [3.05, 3.63) is 224 Å². The molecule has 0 aliphatic carbocycles. The SMILES string of the molecule is c1ccc(-c2ccc(-c3nc(-c4ccc(-c5ccccc5)cc4)nc(-c4ccc(-n5c6ccccc6c6c(-c7ccccc7)nc7ccccc7c65)c5ccccc45)n3)cc2)cc1. The molecule has 12 aromatic rings. The molecule has 0 atom stereocenters. The average molecular weight is 804 g/mol. The molecule has 3 heterocycles. The highest BCUT2D eigenvalue weighted by Crippen LogP contribution is 2.43. The van der Waals surface area contributed by atoms with E-state index >= 15 is 0 Å². The third kappa shape index (κ3) is 6.34. The second-order valence-corrected chi connectivity index (χ2v) is 15.8. The van der Waals surface area contributed by atoms with Crippen molar-refractivity contribution in [2.45, 2.75) is 0 Å². The fourth-order valence-electron chi connectivity index (χ4n) is 9.05. The van der Waals surface area contributed by atoms with E-state index in [9.17, 15) is 0 Å². The summed E-state index contributed by atoms with van der Waals surface area (Å²) in [4.78, 5) is 21.0. The summed E-state index contributed by atoms with van der Waals surface area (Å²) in [5.74, 6) is 1.84. The molecule has 0 unspecified atom stereocenters. The summed E-state index contributed by atoms with van der Waals surface area (Å²) >= 11 is 0. The smallest absolute Gasteiger partial charge is 0.164 e. The lowest BCUT2D eigenvalue weighted by molar-refractivity contribution is 1.08. The van der Waals surface area contributed by atoms with E-state index in [0.29, 0.717) is 17.5 Å². The molecule has 0 saturated carbocycles. The van der Waals surface area contributed by atoms with Gasteiger partial charge in [-0.05, 0) is 51.9 Å². The summed E-state index contributed by atoms with van der Waals surface area (Å²) in [5, 5.41) is 5.51. The Morgan fingerprint density at radius 1 is 0.286 bits per heavy atom. The molecule has 0 fully saturated rings. The lowest BCUT2D eigenvalue weighted by Crippen LogP contribution is -2.02. The van der Waals surface area contributed by atoms with Crippen molar-refractivity contribution in [2.75, 3.05) is 0 Å². The molecular weight excluding hydrogens is 767 g/mol. The summed E-state index contributed by atoms with van der Waals surface area (Å²) in [6.45, 7) is 0. The Morgan fingerprint density at radius 3 is 1.33 bits per heavy atom. The van der Waals surface area contributed by atoms with Gasteiger partial charge in [0.25, 0.3) is 0 Å². The molecule has 63 heavy (non-hydrogen) atoms. The van der Waals surface area contributed by atoms with Crippen LogP contribution >= 0.6 is 0 Å². The van der Waals surface area contributed by atoms with Crippen molar-refractivity contribution >= 4 is 43.5 Å². The van der Waals surface area contributed by atoms with Gasteiger partial charge in [-0.3, -0.25) is 0 Å². The van der Waals surface area contributed by atoms with Crippen LogP contribution in [0.4, 0.5) is 0 Å². The molecular formula is C58H37N5. The summed E-state index contributed by atoms with van der Waals surface area (Å²) in [7, 11) is 0. The molecule has 0 N–H and O–H groups in total. The molecule has 12 rings (SSSR count). The molecule has 0 bridgehead atoms. The Bertz CT molecular complexity index is 3540. The van der Waals surface area contributed by atoms with Crippen molar-refractivity contribution in [3.8, 4) is 73.4 Å². The van der Waals surface area contributed by atoms with Gasteiger partial charge in [0.15, 0.2) is 17.5 Å². The highest BCUT2D eigenvalue weighted by molar-refractivity contribution is 6.23. The second kappa shape index (κ2) is 15.2. The average Bonchev–Trinajstić information content (AvgIpc) is 3.72. The topological polar surface area (TPSA) is 56.5 Å². The van der Waals surface area contributed by atoms with Crippen LogP contribution in [-0.4, -0.2) is 24.5 Å². The highest BCUT2D eigenvalue weighted by Gasteiger charge is 2.23. The molecule has 0 radical (unpaired) electrons. The minimum Gasteiger partial charge on any atom is -0.308 e. The Morgan fingerprint density at radius 2 is 0.730 bits per heavy atom. The van der Waals surface area contributed by atoms with E-state index in [-0.39, 0.29) is 0 Å². The number of rotatable bonds is 7. The van der Waals surface area contributed by atoms with Crippen molar-refractivity contribution in [3.63, 3.8) is 0 Å². The Labute approximate surface area is 364 Å². The first-order valence-corrected chi connectivity index (χ1v) is 21.2. The standard InChI is InChI=1S/C58H37N5/c1-4-16-38(17-5-1)40-28-32-43(33-29-40)56-60-57(44-34-30-41(31-35-44)39-18-6-2-7-19-39)62-58(61-56)47-36-37-52(46-23-11-10-22-45(46)47)63-51-27-15-13-25-49(51)53-54(42-20-8-3-9-21-42)59-50-26-14-12-24-48(50)55(53)63/h1-37H. The summed E-state index contributed by atoms with van der Waals surface area (Å²) in [5.41, 5.74) is 13.7. The normalized spacial score (nSPS) is 11.5. The van der Waals surface area contributed by atoms with Gasteiger partial charge in [-0.2, -0.15) is 0 Å². The van der Waals surface area contributed by atoms with Crippen LogP contribution in [-0.2, 0) is 0 Å². The highest BCUT2D eigenvalue weighted by atomic mass is 15.0. The van der Waals surface area contributed by atoms with Crippen LogP contribution in [0.2, 0.25) is 0 Å². The number of benzene rings is 9. The van der Waals surface area contributed by atoms with Gasteiger partial charge in [0.1, 0.15) is 0 Å². The Balaban J connectivity index is 1.07. The molecule has 5 heteroatoms. The monoisotopic (exact) mass is 803 g/mol. The molecule has 5 nitrogen and oxygen atoms in total. The van der Waals surface area contributed by atoms with Crippen LogP contribution < -0.4 is 0 Å². The number of para-hydroxylation sites is 2. The first-order chi connectivity index (χ1) is 31.2. The quantitative estimate of drug-likeness (QED) is 0.161. The predicted octanol–water partition coefficient (Wildman–Crippen LogP) is 14.7.